The first-order valence-electron chi connectivity index (χ1n) is 6.68. The van der Waals surface area contributed by atoms with Crippen LogP contribution in [0, 0.1) is 0 Å². The van der Waals surface area contributed by atoms with Crippen molar-refractivity contribution >= 4 is 5.91 Å². The van der Waals surface area contributed by atoms with Gasteiger partial charge in [0.05, 0.1) is 6.61 Å². The van der Waals surface area contributed by atoms with E-state index in [1.54, 1.807) is 0 Å². The van der Waals surface area contributed by atoms with Crippen LogP contribution in [0.4, 0.5) is 0 Å². The lowest BCUT2D eigenvalue weighted by Crippen LogP contribution is -2.42. The maximum absolute atomic E-state index is 10.9. The molecule has 0 bridgehead atoms. The van der Waals surface area contributed by atoms with Crippen LogP contribution in [-0.4, -0.2) is 18.1 Å². The molecule has 1 rings (SSSR count). The Bertz CT molecular complexity index is 399. The van der Waals surface area contributed by atoms with Crippen LogP contribution in [0.25, 0.3) is 0 Å². The van der Waals surface area contributed by atoms with Crippen LogP contribution in [0.2, 0.25) is 0 Å². The second kappa shape index (κ2) is 7.14. The highest BCUT2D eigenvalue weighted by molar-refractivity contribution is 5.74. The maximum atomic E-state index is 10.9. The van der Waals surface area contributed by atoms with Crippen LogP contribution in [0.3, 0.4) is 0 Å². The zero-order valence-corrected chi connectivity index (χ0v) is 12.0. The van der Waals surface area contributed by atoms with Crippen molar-refractivity contribution in [3.05, 3.63) is 29.8 Å². The summed E-state index contributed by atoms with van der Waals surface area (Å²) in [4.78, 5) is 10.9. The Kier molecular flexibility index (Phi) is 5.83. The van der Waals surface area contributed by atoms with Crippen LogP contribution >= 0.6 is 0 Å². The highest BCUT2D eigenvalue weighted by Crippen LogP contribution is 2.14. The molecule has 1 aromatic rings. The van der Waals surface area contributed by atoms with Gasteiger partial charge >= 0.3 is 0 Å². The minimum Gasteiger partial charge on any atom is -0.494 e. The number of carbonyl (C=O) groups excluding carboxylic acids is 1. The number of hydrogen-bond acceptors (Lipinski definition) is 3. The monoisotopic (exact) mass is 264 g/mol. The lowest BCUT2D eigenvalue weighted by Gasteiger charge is -2.24. The first-order chi connectivity index (χ1) is 8.93. The molecule has 0 fully saturated rings. The summed E-state index contributed by atoms with van der Waals surface area (Å²) in [6, 6.07) is 7.98. The first-order valence-corrected chi connectivity index (χ1v) is 6.68. The molecule has 19 heavy (non-hydrogen) atoms. The van der Waals surface area contributed by atoms with E-state index in [1.807, 2.05) is 38.1 Å². The van der Waals surface area contributed by atoms with Gasteiger partial charge in [-0.2, -0.15) is 0 Å². The van der Waals surface area contributed by atoms with E-state index >= 15 is 0 Å². The van der Waals surface area contributed by atoms with Crippen molar-refractivity contribution in [1.82, 2.24) is 5.32 Å². The molecule has 0 radical (unpaired) electrons. The number of hydrogen-bond donors (Lipinski definition) is 2. The van der Waals surface area contributed by atoms with Gasteiger partial charge in [-0.1, -0.05) is 19.1 Å². The Balaban J connectivity index is 2.47. The number of primary amides is 1. The molecule has 0 aliphatic heterocycles. The van der Waals surface area contributed by atoms with E-state index in [0.29, 0.717) is 13.0 Å². The number of rotatable bonds is 8. The molecule has 0 unspecified atom stereocenters. The summed E-state index contributed by atoms with van der Waals surface area (Å²) in [5, 5.41) is 3.33. The van der Waals surface area contributed by atoms with Crippen molar-refractivity contribution in [2.75, 3.05) is 6.61 Å². The van der Waals surface area contributed by atoms with E-state index in [9.17, 15) is 4.79 Å². The Morgan fingerprint density at radius 3 is 2.47 bits per heavy atom. The molecule has 1 amide bonds. The third-order valence-electron chi connectivity index (χ3n) is 2.78. The van der Waals surface area contributed by atoms with Gasteiger partial charge in [0.15, 0.2) is 0 Å². The number of carbonyl (C=O) groups is 1. The smallest absolute Gasteiger partial charge is 0.219 e. The number of benzene rings is 1. The summed E-state index contributed by atoms with van der Waals surface area (Å²) < 4.78 is 5.53. The molecule has 0 saturated carbocycles. The second-order valence-corrected chi connectivity index (χ2v) is 5.37. The van der Waals surface area contributed by atoms with Crippen LogP contribution in [0.5, 0.6) is 5.75 Å². The average Bonchev–Trinajstić information content (AvgIpc) is 2.34. The Hall–Kier alpha value is -1.55. The molecule has 0 saturated heterocycles. The van der Waals surface area contributed by atoms with Gasteiger partial charge in [-0.05, 0) is 38.0 Å². The van der Waals surface area contributed by atoms with Gasteiger partial charge in [-0.15, -0.1) is 0 Å². The molecule has 0 aliphatic carbocycles. The number of nitrogens with one attached hydrogen (secondary N) is 1. The third kappa shape index (κ3) is 6.25. The van der Waals surface area contributed by atoms with Crippen molar-refractivity contribution < 1.29 is 9.53 Å². The van der Waals surface area contributed by atoms with E-state index in [1.165, 1.54) is 0 Å². The molecule has 0 heterocycles. The highest BCUT2D eigenvalue weighted by Gasteiger charge is 2.19. The predicted octanol–water partition coefficient (Wildman–Crippen LogP) is 2.22. The molecule has 0 aliphatic rings. The normalized spacial score (nSPS) is 11.3. The lowest BCUT2D eigenvalue weighted by molar-refractivity contribution is -0.119. The zero-order chi connectivity index (χ0) is 14.3. The van der Waals surface area contributed by atoms with Gasteiger partial charge in [0.25, 0.3) is 0 Å². The number of amides is 1. The molecule has 4 heteroatoms. The lowest BCUT2D eigenvalue weighted by atomic mass is 10.00. The van der Waals surface area contributed by atoms with Crippen LogP contribution in [0.15, 0.2) is 24.3 Å². The summed E-state index contributed by atoms with van der Waals surface area (Å²) in [6.07, 6.45) is 1.33. The molecule has 1 aromatic carbocycles. The van der Waals surface area contributed by atoms with Crippen LogP contribution in [-0.2, 0) is 11.3 Å². The van der Waals surface area contributed by atoms with Crippen molar-refractivity contribution in [3.8, 4) is 5.75 Å². The quantitative estimate of drug-likeness (QED) is 0.756. The fraction of sp³-hybridized carbons (Fsp3) is 0.533. The minimum atomic E-state index is -0.291. The van der Waals surface area contributed by atoms with Crippen molar-refractivity contribution in [1.29, 1.82) is 0 Å². The predicted molar refractivity (Wildman–Crippen MR) is 77.0 cm³/mol. The second-order valence-electron chi connectivity index (χ2n) is 5.37. The van der Waals surface area contributed by atoms with Gasteiger partial charge in [-0.3, -0.25) is 4.79 Å². The molecule has 0 atom stereocenters. The van der Waals surface area contributed by atoms with E-state index in [0.717, 1.165) is 24.3 Å². The molecular formula is C15H24N2O2. The average molecular weight is 264 g/mol. The SMILES string of the molecule is CCCOc1ccc(CNC(C)(C)CC(N)=O)cc1. The van der Waals surface area contributed by atoms with Gasteiger partial charge in [0, 0.05) is 18.5 Å². The van der Waals surface area contributed by atoms with Crippen LogP contribution in [0.1, 0.15) is 39.2 Å². The molecule has 106 valence electrons. The van der Waals surface area contributed by atoms with Crippen LogP contribution < -0.4 is 15.8 Å². The molecular weight excluding hydrogens is 240 g/mol. The van der Waals surface area contributed by atoms with E-state index < -0.39 is 0 Å². The Labute approximate surface area is 115 Å². The fourth-order valence-corrected chi connectivity index (χ4v) is 1.76. The largest absolute Gasteiger partial charge is 0.494 e. The minimum absolute atomic E-state index is 0.288. The maximum Gasteiger partial charge on any atom is 0.219 e. The zero-order valence-electron chi connectivity index (χ0n) is 12.0. The standard InChI is InChI=1S/C15H24N2O2/c1-4-9-19-13-7-5-12(6-8-13)11-17-15(2,3)10-14(16)18/h5-8,17H,4,9-11H2,1-3H3,(H2,16,18). The fourth-order valence-electron chi connectivity index (χ4n) is 1.76. The topological polar surface area (TPSA) is 64.3 Å². The van der Waals surface area contributed by atoms with Gasteiger partial charge in [0.2, 0.25) is 5.91 Å². The van der Waals surface area contributed by atoms with Crippen molar-refractivity contribution in [2.45, 2.75) is 45.7 Å². The van der Waals surface area contributed by atoms with Gasteiger partial charge < -0.3 is 15.8 Å². The Morgan fingerprint density at radius 2 is 1.95 bits per heavy atom. The van der Waals surface area contributed by atoms with Crippen molar-refractivity contribution in [3.63, 3.8) is 0 Å². The molecule has 0 spiro atoms. The van der Waals surface area contributed by atoms with E-state index in [-0.39, 0.29) is 11.4 Å². The van der Waals surface area contributed by atoms with Gasteiger partial charge in [0.1, 0.15) is 5.75 Å². The van der Waals surface area contributed by atoms with E-state index in [4.69, 9.17) is 10.5 Å². The van der Waals surface area contributed by atoms with Crippen molar-refractivity contribution in [2.24, 2.45) is 5.73 Å². The first kappa shape index (κ1) is 15.5. The van der Waals surface area contributed by atoms with Gasteiger partial charge in [-0.25, -0.2) is 0 Å². The summed E-state index contributed by atoms with van der Waals surface area (Å²) in [6.45, 7) is 7.46. The summed E-state index contributed by atoms with van der Waals surface area (Å²) >= 11 is 0. The number of ether oxygens (including phenoxy) is 1. The van der Waals surface area contributed by atoms with E-state index in [2.05, 4.69) is 12.2 Å². The summed E-state index contributed by atoms with van der Waals surface area (Å²) in [7, 11) is 0. The number of nitrogens with two attached hydrogens (primary N) is 1. The Morgan fingerprint density at radius 1 is 1.32 bits per heavy atom. The summed E-state index contributed by atoms with van der Waals surface area (Å²) in [5.74, 6) is 0.600. The summed E-state index contributed by atoms with van der Waals surface area (Å²) in [5.41, 5.74) is 6.08. The highest BCUT2D eigenvalue weighted by atomic mass is 16.5. The third-order valence-corrected chi connectivity index (χ3v) is 2.78. The molecule has 3 N–H and O–H groups in total. The molecule has 4 nitrogen and oxygen atoms in total. The molecule has 0 aromatic heterocycles.